The molecule has 2 rings (SSSR count). The predicted octanol–water partition coefficient (Wildman–Crippen LogP) is 2.12. The summed E-state index contributed by atoms with van der Waals surface area (Å²) in [6, 6.07) is 5.63. The Morgan fingerprint density at radius 2 is 1.93 bits per heavy atom. The van der Waals surface area contributed by atoms with Gasteiger partial charge in [-0.15, -0.1) is 0 Å². The van der Waals surface area contributed by atoms with Gasteiger partial charge in [-0.25, -0.2) is 9.18 Å². The van der Waals surface area contributed by atoms with Gasteiger partial charge in [0.1, 0.15) is 11.6 Å². The van der Waals surface area contributed by atoms with E-state index in [-0.39, 0.29) is 23.9 Å². The van der Waals surface area contributed by atoms with Crippen molar-refractivity contribution in [3.05, 3.63) is 62.6 Å². The van der Waals surface area contributed by atoms with E-state index in [2.05, 4.69) is 4.98 Å². The van der Waals surface area contributed by atoms with Crippen molar-refractivity contribution < 1.29 is 9.18 Å². The van der Waals surface area contributed by atoms with Crippen molar-refractivity contribution in [2.75, 3.05) is 17.2 Å². The van der Waals surface area contributed by atoms with Crippen molar-refractivity contribution in [2.24, 2.45) is 0 Å². The zero-order valence-corrected chi connectivity index (χ0v) is 15.4. The number of aromatic amines is 1. The van der Waals surface area contributed by atoms with Gasteiger partial charge in [0.05, 0.1) is 0 Å². The van der Waals surface area contributed by atoms with Crippen LogP contribution in [0.2, 0.25) is 0 Å². The number of benzene rings is 1. The number of hydrogen-bond donors (Lipinski definition) is 2. The number of carbonyl (C=O) groups is 1. The fraction of sp³-hybridized carbons (Fsp3) is 0.316. The molecule has 1 aromatic heterocycles. The monoisotopic (exact) mass is 374 g/mol. The molecular formula is C19H23FN4O3. The molecule has 1 heterocycles. The number of halogens is 1. The highest BCUT2D eigenvalue weighted by molar-refractivity contribution is 6.05. The van der Waals surface area contributed by atoms with E-state index in [0.29, 0.717) is 18.5 Å². The lowest BCUT2D eigenvalue weighted by molar-refractivity contribution is -0.114. The Hall–Kier alpha value is -3.16. The molecule has 0 fully saturated rings. The molecule has 3 N–H and O–H groups in total. The number of nitrogen functional groups attached to an aromatic ring is 1. The Balaban J connectivity index is 2.38. The van der Waals surface area contributed by atoms with Gasteiger partial charge in [0.25, 0.3) is 11.5 Å². The molecule has 0 saturated heterocycles. The minimum atomic E-state index is -0.712. The van der Waals surface area contributed by atoms with Gasteiger partial charge in [-0.3, -0.25) is 19.1 Å². The number of nitrogens with two attached hydrogens (primary N) is 1. The van der Waals surface area contributed by atoms with Crippen LogP contribution in [-0.2, 0) is 11.3 Å². The summed E-state index contributed by atoms with van der Waals surface area (Å²) < 4.78 is 14.2. The number of rotatable bonds is 7. The molecule has 0 aliphatic heterocycles. The van der Waals surface area contributed by atoms with Crippen LogP contribution in [0.25, 0.3) is 6.08 Å². The average molecular weight is 374 g/mol. The van der Waals surface area contributed by atoms with Crippen molar-refractivity contribution in [3.8, 4) is 0 Å². The zero-order chi connectivity index (χ0) is 20.0. The summed E-state index contributed by atoms with van der Waals surface area (Å²) in [6.07, 6.45) is 4.34. The van der Waals surface area contributed by atoms with Crippen LogP contribution in [0.3, 0.4) is 0 Å². The molecule has 7 nitrogen and oxygen atoms in total. The van der Waals surface area contributed by atoms with Crippen molar-refractivity contribution in [2.45, 2.75) is 33.2 Å². The first kappa shape index (κ1) is 20.2. The predicted molar refractivity (Wildman–Crippen MR) is 104 cm³/mol. The lowest BCUT2D eigenvalue weighted by Gasteiger charge is -2.21. The van der Waals surface area contributed by atoms with Crippen LogP contribution in [0.15, 0.2) is 39.9 Å². The van der Waals surface area contributed by atoms with Gasteiger partial charge in [0.15, 0.2) is 5.69 Å². The minimum Gasteiger partial charge on any atom is -0.383 e. The lowest BCUT2D eigenvalue weighted by Crippen LogP contribution is -2.40. The van der Waals surface area contributed by atoms with Crippen LogP contribution in [0, 0.1) is 5.82 Å². The van der Waals surface area contributed by atoms with E-state index in [4.69, 9.17) is 5.73 Å². The molecule has 144 valence electrons. The zero-order valence-electron chi connectivity index (χ0n) is 15.4. The summed E-state index contributed by atoms with van der Waals surface area (Å²) >= 11 is 0. The molecule has 1 aromatic carbocycles. The van der Waals surface area contributed by atoms with Crippen molar-refractivity contribution in [3.63, 3.8) is 0 Å². The Kier molecular flexibility index (Phi) is 6.70. The second-order valence-electron chi connectivity index (χ2n) is 5.97. The van der Waals surface area contributed by atoms with Gasteiger partial charge < -0.3 is 10.6 Å². The van der Waals surface area contributed by atoms with Crippen LogP contribution in [0.4, 0.5) is 15.9 Å². The summed E-state index contributed by atoms with van der Waals surface area (Å²) in [6.45, 7) is 4.20. The third-order valence-electron chi connectivity index (χ3n) is 4.09. The normalized spacial score (nSPS) is 11.1. The molecule has 27 heavy (non-hydrogen) atoms. The molecule has 1 amide bonds. The van der Waals surface area contributed by atoms with Crippen LogP contribution < -0.4 is 21.9 Å². The fourth-order valence-corrected chi connectivity index (χ4v) is 2.63. The number of nitrogens with zero attached hydrogens (tertiary/aromatic N) is 2. The number of amides is 1. The van der Waals surface area contributed by atoms with Gasteiger partial charge in [-0.2, -0.15) is 0 Å². The Morgan fingerprint density at radius 3 is 2.52 bits per heavy atom. The van der Waals surface area contributed by atoms with E-state index in [1.807, 2.05) is 6.92 Å². The number of aromatic nitrogens is 2. The lowest BCUT2D eigenvalue weighted by atomic mass is 10.2. The van der Waals surface area contributed by atoms with Crippen molar-refractivity contribution >= 4 is 23.5 Å². The Bertz CT molecular complexity index is 945. The molecule has 0 radical (unpaired) electrons. The van der Waals surface area contributed by atoms with E-state index in [9.17, 15) is 18.8 Å². The maximum absolute atomic E-state index is 13.0. The first-order valence-corrected chi connectivity index (χ1v) is 8.76. The van der Waals surface area contributed by atoms with Crippen LogP contribution in [0.5, 0.6) is 0 Å². The second-order valence-corrected chi connectivity index (χ2v) is 5.97. The van der Waals surface area contributed by atoms with Crippen LogP contribution in [-0.4, -0.2) is 22.0 Å². The van der Waals surface area contributed by atoms with Crippen molar-refractivity contribution in [1.29, 1.82) is 0 Å². The molecule has 0 saturated carbocycles. The number of nitrogens with one attached hydrogen (secondary N) is 1. The Labute approximate surface area is 155 Å². The van der Waals surface area contributed by atoms with Gasteiger partial charge >= 0.3 is 5.69 Å². The van der Waals surface area contributed by atoms with Crippen LogP contribution in [0.1, 0.15) is 32.3 Å². The number of hydrogen-bond acceptors (Lipinski definition) is 4. The van der Waals surface area contributed by atoms with E-state index in [0.717, 1.165) is 6.42 Å². The highest BCUT2D eigenvalue weighted by atomic mass is 19.1. The third kappa shape index (κ3) is 4.72. The van der Waals surface area contributed by atoms with Gasteiger partial charge in [-0.05, 0) is 37.1 Å². The molecular weight excluding hydrogens is 351 g/mol. The number of carbonyl (C=O) groups excluding carboxylic acids is 1. The molecule has 0 unspecified atom stereocenters. The number of anilines is 2. The highest BCUT2D eigenvalue weighted by Gasteiger charge is 2.21. The molecule has 0 aliphatic carbocycles. The molecule has 0 aliphatic rings. The second kappa shape index (κ2) is 8.98. The molecule has 8 heteroatoms. The maximum Gasteiger partial charge on any atom is 0.330 e. The summed E-state index contributed by atoms with van der Waals surface area (Å²) in [5.41, 5.74) is 5.32. The van der Waals surface area contributed by atoms with Gasteiger partial charge in [0, 0.05) is 19.2 Å². The van der Waals surface area contributed by atoms with Crippen molar-refractivity contribution in [1.82, 2.24) is 9.55 Å². The topological polar surface area (TPSA) is 101 Å². The number of unbranched alkanes of at least 4 members (excludes halogenated alkanes) is 1. The first-order chi connectivity index (χ1) is 12.9. The highest BCUT2D eigenvalue weighted by Crippen LogP contribution is 2.17. The maximum atomic E-state index is 13.0. The van der Waals surface area contributed by atoms with Gasteiger partial charge in [0.2, 0.25) is 0 Å². The summed E-state index contributed by atoms with van der Waals surface area (Å²) in [7, 11) is 0. The van der Waals surface area contributed by atoms with E-state index < -0.39 is 17.2 Å². The summed E-state index contributed by atoms with van der Waals surface area (Å²) in [4.78, 5) is 40.3. The SMILES string of the molecule is CCCCn1c(N)c(N(CC)C(=O)/C=C/c2ccc(F)cc2)c(=O)[nH]c1=O. The average Bonchev–Trinajstić information content (AvgIpc) is 2.64. The van der Waals surface area contributed by atoms with Crippen LogP contribution >= 0.6 is 0 Å². The number of likely N-dealkylation sites (N-methyl/N-ethyl adjacent to an activating group) is 1. The molecule has 0 spiro atoms. The largest absolute Gasteiger partial charge is 0.383 e. The fourth-order valence-electron chi connectivity index (χ4n) is 2.63. The smallest absolute Gasteiger partial charge is 0.330 e. The third-order valence-corrected chi connectivity index (χ3v) is 4.09. The van der Waals surface area contributed by atoms with E-state index in [1.165, 1.54) is 45.9 Å². The quantitative estimate of drug-likeness (QED) is 0.725. The molecule has 0 bridgehead atoms. The molecule has 0 atom stereocenters. The van der Waals surface area contributed by atoms with E-state index >= 15 is 0 Å². The summed E-state index contributed by atoms with van der Waals surface area (Å²) in [5.74, 6) is -0.885. The summed E-state index contributed by atoms with van der Waals surface area (Å²) in [5, 5.41) is 0. The number of H-pyrrole nitrogens is 1. The minimum absolute atomic E-state index is 0.0393. The molecule has 2 aromatic rings. The first-order valence-electron chi connectivity index (χ1n) is 8.76. The van der Waals surface area contributed by atoms with Gasteiger partial charge in [-0.1, -0.05) is 25.5 Å². The standard InChI is InChI=1S/C19H23FN4O3/c1-3-5-12-24-17(21)16(18(26)22-19(24)27)23(4-2)15(25)11-8-13-6-9-14(20)10-7-13/h6-11H,3-5,12,21H2,1-2H3,(H,22,26,27)/b11-8+. The van der Waals surface area contributed by atoms with E-state index in [1.54, 1.807) is 6.92 Å². The Morgan fingerprint density at radius 1 is 1.26 bits per heavy atom.